The summed E-state index contributed by atoms with van der Waals surface area (Å²) in [7, 11) is 0. The third-order valence-corrected chi connectivity index (χ3v) is 17.4. The summed E-state index contributed by atoms with van der Waals surface area (Å²) in [5, 5.41) is 32.9. The van der Waals surface area contributed by atoms with E-state index in [1.807, 2.05) is 103 Å². The molecule has 0 bridgehead atoms. The number of anilines is 2. The normalized spacial score (nSPS) is 13.7. The van der Waals surface area contributed by atoms with Crippen LogP contribution in [-0.4, -0.2) is 105 Å². The van der Waals surface area contributed by atoms with Crippen molar-refractivity contribution >= 4 is 63.4 Å². The number of nitrogens with zero attached hydrogens (tertiary/aromatic N) is 16. The summed E-state index contributed by atoms with van der Waals surface area (Å²) in [4.78, 5) is 76.3. The zero-order chi connectivity index (χ0) is 58.6. The number of esters is 1. The lowest BCUT2D eigenvalue weighted by atomic mass is 10.1. The Morgan fingerprint density at radius 3 is 1.26 bits per heavy atom. The van der Waals surface area contributed by atoms with Crippen LogP contribution < -0.4 is 10.6 Å². The SMILES string of the molecule is CCOC(=O)c1cc(-c2cnc(C3CC3)s2)c(C)cn1.Cc1cnc(C(=O)Nc2cccc(-c3nnnn3C(C)C)n2)cc1-c1cnc(C2CC2)s1.Cc1cnc(C(=O)Nc2cccc(-c3nnnn3C(C)C)n2)cc1-c1cnc(C2CC2)s1. The summed E-state index contributed by atoms with van der Waals surface area (Å²) in [6, 6.07) is 16.3. The smallest absolute Gasteiger partial charge is 0.356 e. The second-order valence-corrected chi connectivity index (χ2v) is 24.4. The number of hydrogen-bond acceptors (Lipinski definition) is 21. The Kier molecular flexibility index (Phi) is 16.9. The summed E-state index contributed by atoms with van der Waals surface area (Å²) in [5.74, 6) is 2.74. The maximum Gasteiger partial charge on any atom is 0.356 e. The minimum atomic E-state index is -0.374. The fourth-order valence-corrected chi connectivity index (χ4v) is 12.3. The number of hydrogen-bond donors (Lipinski definition) is 2. The lowest BCUT2D eigenvalue weighted by molar-refractivity contribution is 0.0519. The van der Waals surface area contributed by atoms with Gasteiger partial charge >= 0.3 is 5.97 Å². The molecule has 2 N–H and O–H groups in total. The summed E-state index contributed by atoms with van der Waals surface area (Å²) < 4.78 is 8.37. The number of tetrazole rings is 2. The molecule has 10 aromatic heterocycles. The molecule has 0 aromatic carbocycles. The van der Waals surface area contributed by atoms with Gasteiger partial charge in [-0.15, -0.1) is 44.2 Å². The van der Waals surface area contributed by atoms with E-state index in [9.17, 15) is 14.4 Å². The lowest BCUT2D eigenvalue weighted by Gasteiger charge is -2.09. The van der Waals surface area contributed by atoms with Gasteiger partial charge in [0.25, 0.3) is 11.8 Å². The molecule has 0 radical (unpaired) electrons. The molecule has 10 heterocycles. The fourth-order valence-electron chi connectivity index (χ4n) is 8.76. The van der Waals surface area contributed by atoms with Gasteiger partial charge in [-0.25, -0.2) is 44.1 Å². The molecule has 84 heavy (non-hydrogen) atoms. The van der Waals surface area contributed by atoms with Crippen LogP contribution in [0.3, 0.4) is 0 Å². The Hall–Kier alpha value is -8.81. The van der Waals surface area contributed by atoms with Crippen molar-refractivity contribution in [2.45, 2.75) is 124 Å². The largest absolute Gasteiger partial charge is 0.461 e. The predicted molar refractivity (Wildman–Crippen MR) is 321 cm³/mol. The van der Waals surface area contributed by atoms with Crippen molar-refractivity contribution in [1.82, 2.24) is 80.3 Å². The summed E-state index contributed by atoms with van der Waals surface area (Å²) >= 11 is 5.10. The molecule has 0 saturated heterocycles. The Balaban J connectivity index is 0.000000135. The van der Waals surface area contributed by atoms with Gasteiger partial charge in [0, 0.05) is 71.6 Å². The number of amides is 2. The molecule has 3 saturated carbocycles. The molecule has 3 aliphatic carbocycles. The van der Waals surface area contributed by atoms with Gasteiger partial charge in [0.2, 0.25) is 11.6 Å². The Bertz CT molecular complexity index is 3820. The molecule has 0 atom stereocenters. The van der Waals surface area contributed by atoms with E-state index < -0.39 is 0 Å². The van der Waals surface area contributed by atoms with E-state index in [1.54, 1.807) is 87.1 Å². The quantitative estimate of drug-likeness (QED) is 0.0851. The zero-order valence-corrected chi connectivity index (χ0v) is 50.0. The van der Waals surface area contributed by atoms with Gasteiger partial charge in [-0.2, -0.15) is 0 Å². The highest BCUT2D eigenvalue weighted by molar-refractivity contribution is 7.15. The molecule has 0 spiro atoms. The summed E-state index contributed by atoms with van der Waals surface area (Å²) in [5.41, 5.74) is 8.21. The number of ether oxygens (including phenoxy) is 1. The van der Waals surface area contributed by atoms with Crippen LogP contribution in [0.4, 0.5) is 11.6 Å². The van der Waals surface area contributed by atoms with Crippen molar-refractivity contribution in [3.63, 3.8) is 0 Å². The highest BCUT2D eigenvalue weighted by Gasteiger charge is 2.30. The number of aromatic nitrogens is 16. The molecule has 10 aromatic rings. The van der Waals surface area contributed by atoms with E-state index in [4.69, 9.17) is 4.74 Å². The minimum absolute atomic E-state index is 0.0856. The van der Waals surface area contributed by atoms with E-state index in [0.717, 1.165) is 48.0 Å². The van der Waals surface area contributed by atoms with Gasteiger partial charge in [-0.3, -0.25) is 19.6 Å². The van der Waals surface area contributed by atoms with Crippen molar-refractivity contribution in [3.8, 4) is 54.4 Å². The molecule has 0 aliphatic heterocycles. The average Bonchev–Trinajstić information content (AvgIpc) is 4.43. The maximum atomic E-state index is 12.9. The molecular weight excluding hydrogens is 1120 g/mol. The van der Waals surface area contributed by atoms with Gasteiger partial charge in [-0.05, 0) is 174 Å². The summed E-state index contributed by atoms with van der Waals surface area (Å²) in [6.45, 7) is 16.1. The number of thiazole rings is 3. The first kappa shape index (κ1) is 57.0. The highest BCUT2D eigenvalue weighted by atomic mass is 32.1. The van der Waals surface area contributed by atoms with E-state index in [-0.39, 0.29) is 29.9 Å². The Labute approximate surface area is 496 Å². The molecule has 13 rings (SSSR count). The first-order valence-electron chi connectivity index (χ1n) is 27.8. The number of aryl methyl sites for hydroxylation is 3. The van der Waals surface area contributed by atoms with Crippen molar-refractivity contribution in [2.75, 3.05) is 17.2 Å². The second-order valence-electron chi connectivity index (χ2n) is 21.2. The standard InChI is InChI=1S/2C22H22N8OS.C15H16N2O2S/c2*1-12(2)30-20(27-28-29-30)16-5-4-6-19(25-16)26-21(31)17-9-15(13(3)10-23-17)18-11-24-22(32-18)14-7-8-14;1-3-19-15(18)12-6-11(9(2)7-16-12)13-8-17-14(20-13)10-4-5-10/h2*4-6,9-12,14H,7-8H2,1-3H3,(H,25,26,31);6-8,10H,3-5H2,1-2H3. The van der Waals surface area contributed by atoms with Crippen LogP contribution in [0.5, 0.6) is 0 Å². The minimum Gasteiger partial charge on any atom is -0.461 e. The third kappa shape index (κ3) is 13.3. The highest BCUT2D eigenvalue weighted by Crippen LogP contribution is 2.46. The maximum absolute atomic E-state index is 12.9. The molecule has 0 unspecified atom stereocenters. The first-order chi connectivity index (χ1) is 40.7. The van der Waals surface area contributed by atoms with Crippen molar-refractivity contribution in [1.29, 1.82) is 0 Å². The topological polar surface area (TPSA) is 275 Å². The molecule has 3 aliphatic rings. The van der Waals surface area contributed by atoms with Gasteiger partial charge < -0.3 is 15.4 Å². The van der Waals surface area contributed by atoms with E-state index in [1.165, 1.54) is 53.5 Å². The third-order valence-electron chi connectivity index (χ3n) is 13.8. The molecular formula is C59H60N18O4S3. The van der Waals surface area contributed by atoms with Crippen molar-refractivity contribution in [3.05, 3.63) is 141 Å². The molecule has 22 nitrogen and oxygen atoms in total. The molecule has 25 heteroatoms. The van der Waals surface area contributed by atoms with Crippen molar-refractivity contribution in [2.24, 2.45) is 0 Å². The van der Waals surface area contributed by atoms with Gasteiger partial charge in [-0.1, -0.05) is 12.1 Å². The number of carbonyl (C=O) groups excluding carboxylic acids is 3. The van der Waals surface area contributed by atoms with Crippen molar-refractivity contribution < 1.29 is 19.1 Å². The van der Waals surface area contributed by atoms with Crippen LogP contribution in [0.1, 0.15) is 166 Å². The average molecular weight is 1180 g/mol. The number of rotatable bonds is 16. The van der Waals surface area contributed by atoms with Gasteiger partial charge in [0.05, 0.1) is 48.3 Å². The van der Waals surface area contributed by atoms with E-state index >= 15 is 0 Å². The van der Waals surface area contributed by atoms with Gasteiger partial charge in [0.15, 0.2) is 0 Å². The second kappa shape index (κ2) is 25.0. The predicted octanol–water partition coefficient (Wildman–Crippen LogP) is 12.1. The van der Waals surface area contributed by atoms with Crippen LogP contribution in [0.15, 0.2) is 91.8 Å². The molecule has 428 valence electrons. The van der Waals surface area contributed by atoms with E-state index in [0.29, 0.717) is 76.1 Å². The van der Waals surface area contributed by atoms with Crippen LogP contribution >= 0.6 is 34.0 Å². The first-order valence-corrected chi connectivity index (χ1v) is 30.2. The number of nitrogens with one attached hydrogen (secondary N) is 2. The Morgan fingerprint density at radius 1 is 0.536 bits per heavy atom. The van der Waals surface area contributed by atoms with Crippen LogP contribution in [0.25, 0.3) is 54.4 Å². The van der Waals surface area contributed by atoms with Crippen LogP contribution in [0, 0.1) is 20.8 Å². The van der Waals surface area contributed by atoms with E-state index in [2.05, 4.69) is 81.6 Å². The monoisotopic (exact) mass is 1180 g/mol. The Morgan fingerprint density at radius 2 is 0.905 bits per heavy atom. The number of carbonyl (C=O) groups is 3. The molecule has 3 fully saturated rings. The fraction of sp³-hybridized carbons (Fsp3) is 0.339. The van der Waals surface area contributed by atoms with Crippen LogP contribution in [0.2, 0.25) is 0 Å². The van der Waals surface area contributed by atoms with Gasteiger partial charge in [0.1, 0.15) is 40.1 Å². The zero-order valence-electron chi connectivity index (χ0n) is 47.5. The lowest BCUT2D eigenvalue weighted by Crippen LogP contribution is -2.15. The molecule has 2 amide bonds. The summed E-state index contributed by atoms with van der Waals surface area (Å²) in [6.07, 6.45) is 18.2. The van der Waals surface area contributed by atoms with Crippen LogP contribution in [-0.2, 0) is 4.74 Å². The number of pyridine rings is 5.